The Morgan fingerprint density at radius 2 is 2.13 bits per heavy atom. The quantitative estimate of drug-likeness (QED) is 0.845. The molecule has 0 spiro atoms. The van der Waals surface area contributed by atoms with Crippen molar-refractivity contribution in [2.45, 2.75) is 31.5 Å². The Bertz CT molecular complexity index is 604. The van der Waals surface area contributed by atoms with Crippen LogP contribution in [-0.4, -0.2) is 42.5 Å². The number of hydrogen-bond donors (Lipinski definition) is 1. The number of nitrogens with zero attached hydrogens (tertiary/aromatic N) is 3. The van der Waals surface area contributed by atoms with E-state index in [0.717, 1.165) is 43.3 Å². The first-order chi connectivity index (χ1) is 11.3. The first-order valence-corrected chi connectivity index (χ1v) is 8.64. The van der Waals surface area contributed by atoms with Crippen molar-refractivity contribution in [2.75, 3.05) is 13.2 Å². The van der Waals surface area contributed by atoms with Gasteiger partial charge >= 0.3 is 0 Å². The third-order valence-electron chi connectivity index (χ3n) is 4.77. The van der Waals surface area contributed by atoms with Crippen LogP contribution in [0.4, 0.5) is 0 Å². The van der Waals surface area contributed by atoms with Crippen LogP contribution in [0.1, 0.15) is 19.3 Å². The van der Waals surface area contributed by atoms with Gasteiger partial charge in [-0.1, -0.05) is 23.8 Å². The molecule has 0 saturated carbocycles. The molecule has 6 heteroatoms. The molecule has 122 valence electrons. The predicted octanol–water partition coefficient (Wildman–Crippen LogP) is 2.62. The number of allylic oxidation sites excluding steroid dienone is 4. The molecule has 0 radical (unpaired) electrons. The smallest absolute Gasteiger partial charge is 0.152 e. The average Bonchev–Trinajstić information content (AvgIpc) is 2.99. The van der Waals surface area contributed by atoms with Crippen molar-refractivity contribution in [3.63, 3.8) is 0 Å². The van der Waals surface area contributed by atoms with E-state index in [2.05, 4.69) is 22.6 Å². The third-order valence-corrected chi connectivity index (χ3v) is 5.02. The zero-order chi connectivity index (χ0) is 15.6. The van der Waals surface area contributed by atoms with Crippen LogP contribution in [0.25, 0.3) is 0 Å². The maximum absolute atomic E-state index is 6.16. The van der Waals surface area contributed by atoms with Gasteiger partial charge in [-0.2, -0.15) is 5.10 Å². The van der Waals surface area contributed by atoms with Crippen LogP contribution in [0.5, 0.6) is 0 Å². The zero-order valence-electron chi connectivity index (χ0n) is 12.9. The summed E-state index contributed by atoms with van der Waals surface area (Å²) in [5.74, 6) is 1.56. The summed E-state index contributed by atoms with van der Waals surface area (Å²) in [4.78, 5) is 4.90. The van der Waals surface area contributed by atoms with Crippen molar-refractivity contribution < 1.29 is 4.74 Å². The SMILES string of the molecule is ClC1=CC(C2C=NN3C=CC(NC4CCOCC4)=NC23)CC=C1. The molecule has 3 heterocycles. The number of amidine groups is 1. The summed E-state index contributed by atoms with van der Waals surface area (Å²) in [6.07, 6.45) is 15.3. The van der Waals surface area contributed by atoms with E-state index in [4.69, 9.17) is 21.3 Å². The molecule has 4 rings (SSSR count). The highest BCUT2D eigenvalue weighted by Crippen LogP contribution is 2.33. The molecular weight excluding hydrogens is 312 g/mol. The monoisotopic (exact) mass is 332 g/mol. The van der Waals surface area contributed by atoms with E-state index in [1.807, 2.05) is 29.6 Å². The molecule has 3 atom stereocenters. The largest absolute Gasteiger partial charge is 0.381 e. The van der Waals surface area contributed by atoms with E-state index in [1.54, 1.807) is 0 Å². The standard InChI is InChI=1S/C17H21ClN4O/c18-13-3-1-2-12(10-13)15-11-19-22-7-4-16(21-17(15)22)20-14-5-8-23-9-6-14/h1,3-4,7,10-12,14-15,17H,2,5-6,8-9H2,(H,20,21). The lowest BCUT2D eigenvalue weighted by atomic mass is 9.86. The van der Waals surface area contributed by atoms with Gasteiger partial charge in [0.25, 0.3) is 0 Å². The molecule has 0 aromatic rings. The van der Waals surface area contributed by atoms with E-state index in [9.17, 15) is 0 Å². The van der Waals surface area contributed by atoms with Crippen LogP contribution >= 0.6 is 11.6 Å². The minimum Gasteiger partial charge on any atom is -0.381 e. The lowest BCUT2D eigenvalue weighted by Crippen LogP contribution is -2.42. The van der Waals surface area contributed by atoms with E-state index in [1.165, 1.54) is 0 Å². The molecule has 0 amide bonds. The molecular formula is C17H21ClN4O. The Balaban J connectivity index is 1.47. The van der Waals surface area contributed by atoms with Gasteiger partial charge < -0.3 is 10.1 Å². The van der Waals surface area contributed by atoms with Crippen LogP contribution < -0.4 is 5.32 Å². The Morgan fingerprint density at radius 3 is 2.96 bits per heavy atom. The number of rotatable bonds is 2. The maximum Gasteiger partial charge on any atom is 0.152 e. The number of aliphatic imine (C=N–C) groups is 1. The van der Waals surface area contributed by atoms with Gasteiger partial charge in [-0.25, -0.2) is 10.0 Å². The minimum atomic E-state index is 0.0274. The van der Waals surface area contributed by atoms with Crippen molar-refractivity contribution in [1.29, 1.82) is 0 Å². The van der Waals surface area contributed by atoms with Gasteiger partial charge in [-0.05, 0) is 37.3 Å². The van der Waals surface area contributed by atoms with Gasteiger partial charge in [0.15, 0.2) is 6.17 Å². The summed E-state index contributed by atoms with van der Waals surface area (Å²) < 4.78 is 5.41. The van der Waals surface area contributed by atoms with Gasteiger partial charge in [0.05, 0.1) is 0 Å². The van der Waals surface area contributed by atoms with E-state index < -0.39 is 0 Å². The van der Waals surface area contributed by atoms with Gasteiger partial charge in [0.2, 0.25) is 0 Å². The summed E-state index contributed by atoms with van der Waals surface area (Å²) in [7, 11) is 0. The third kappa shape index (κ3) is 3.21. The summed E-state index contributed by atoms with van der Waals surface area (Å²) in [6, 6.07) is 0.450. The van der Waals surface area contributed by atoms with Gasteiger partial charge in [-0.3, -0.25) is 0 Å². The highest BCUT2D eigenvalue weighted by Gasteiger charge is 2.36. The Hall–Kier alpha value is -1.59. The molecule has 1 N–H and O–H groups in total. The second-order valence-electron chi connectivity index (χ2n) is 6.35. The highest BCUT2D eigenvalue weighted by atomic mass is 35.5. The fourth-order valence-electron chi connectivity index (χ4n) is 3.48. The fourth-order valence-corrected chi connectivity index (χ4v) is 3.73. The molecule has 0 aromatic heterocycles. The number of nitrogens with one attached hydrogen (secondary N) is 1. The Labute approximate surface area is 141 Å². The summed E-state index contributed by atoms with van der Waals surface area (Å²) in [6.45, 7) is 1.65. The highest BCUT2D eigenvalue weighted by molar-refractivity contribution is 6.31. The lowest BCUT2D eigenvalue weighted by molar-refractivity contribution is 0.0823. The molecule has 0 aromatic carbocycles. The molecule has 1 aliphatic carbocycles. The number of hydrogen-bond acceptors (Lipinski definition) is 5. The second-order valence-corrected chi connectivity index (χ2v) is 6.79. The van der Waals surface area contributed by atoms with Crippen LogP contribution in [0.2, 0.25) is 0 Å². The summed E-state index contributed by atoms with van der Waals surface area (Å²) >= 11 is 6.16. The number of ether oxygens (including phenoxy) is 1. The number of hydrazone groups is 1. The topological polar surface area (TPSA) is 49.2 Å². The normalized spacial score (nSPS) is 33.4. The molecule has 1 saturated heterocycles. The maximum atomic E-state index is 6.16. The van der Waals surface area contributed by atoms with Crippen molar-refractivity contribution in [2.24, 2.45) is 21.9 Å². The molecule has 23 heavy (non-hydrogen) atoms. The molecule has 3 aliphatic heterocycles. The number of halogens is 1. The van der Waals surface area contributed by atoms with Crippen LogP contribution in [-0.2, 0) is 4.74 Å². The van der Waals surface area contributed by atoms with Crippen LogP contribution in [0.3, 0.4) is 0 Å². The molecule has 4 aliphatic rings. The first kappa shape index (κ1) is 15.0. The van der Waals surface area contributed by atoms with Gasteiger partial charge in [0.1, 0.15) is 5.84 Å². The van der Waals surface area contributed by atoms with E-state index in [0.29, 0.717) is 12.0 Å². The summed E-state index contributed by atoms with van der Waals surface area (Å²) in [5.41, 5.74) is 0. The molecule has 0 bridgehead atoms. The molecule has 1 fully saturated rings. The van der Waals surface area contributed by atoms with E-state index >= 15 is 0 Å². The summed E-state index contributed by atoms with van der Waals surface area (Å²) in [5, 5.41) is 10.8. The van der Waals surface area contributed by atoms with Crippen LogP contribution in [0.15, 0.2) is 45.6 Å². The van der Waals surface area contributed by atoms with Crippen molar-refractivity contribution in [1.82, 2.24) is 10.3 Å². The minimum absolute atomic E-state index is 0.0274. The predicted molar refractivity (Wildman–Crippen MR) is 92.3 cm³/mol. The number of fused-ring (bicyclic) bond motifs is 1. The second kappa shape index (κ2) is 6.49. The van der Waals surface area contributed by atoms with Crippen molar-refractivity contribution >= 4 is 23.7 Å². The van der Waals surface area contributed by atoms with Crippen molar-refractivity contribution in [3.8, 4) is 0 Å². The van der Waals surface area contributed by atoms with Gasteiger partial charge in [-0.15, -0.1) is 0 Å². The van der Waals surface area contributed by atoms with Gasteiger partial charge in [0, 0.05) is 42.6 Å². The molecule has 3 unspecified atom stereocenters. The Morgan fingerprint density at radius 1 is 1.26 bits per heavy atom. The van der Waals surface area contributed by atoms with Crippen molar-refractivity contribution in [3.05, 3.63) is 35.5 Å². The fraction of sp³-hybridized carbons (Fsp3) is 0.529. The van der Waals surface area contributed by atoms with E-state index in [-0.39, 0.29) is 12.1 Å². The molecule has 5 nitrogen and oxygen atoms in total. The Kier molecular flexibility index (Phi) is 4.23. The van der Waals surface area contributed by atoms with Crippen LogP contribution in [0, 0.1) is 11.8 Å². The lowest BCUT2D eigenvalue weighted by Gasteiger charge is -2.31. The first-order valence-electron chi connectivity index (χ1n) is 8.26. The zero-order valence-corrected chi connectivity index (χ0v) is 13.7. The average molecular weight is 333 g/mol.